The molecule has 2 aromatic carbocycles. The van der Waals surface area contributed by atoms with E-state index in [2.05, 4.69) is 10.9 Å². The van der Waals surface area contributed by atoms with Crippen LogP contribution in [-0.4, -0.2) is 6.21 Å². The van der Waals surface area contributed by atoms with Crippen LogP contribution in [-0.2, 0) is 0 Å². The summed E-state index contributed by atoms with van der Waals surface area (Å²) in [6.45, 7) is 0. The van der Waals surface area contributed by atoms with Gasteiger partial charge in [-0.1, -0.05) is 48.4 Å². The molecule has 1 heteroatoms. The van der Waals surface area contributed by atoms with Crippen molar-refractivity contribution in [2.24, 2.45) is 4.99 Å². The van der Waals surface area contributed by atoms with Crippen LogP contribution in [0.2, 0.25) is 0 Å². The number of para-hydroxylation sites is 1. The second-order valence-electron chi connectivity index (χ2n) is 3.33. The third-order valence-corrected chi connectivity index (χ3v) is 2.21. The first-order chi connectivity index (χ1) is 7.90. The Balaban J connectivity index is 2.28. The fourth-order valence-electron chi connectivity index (χ4n) is 1.39. The average molecular weight is 205 g/mol. The Morgan fingerprint density at radius 2 is 1.62 bits per heavy atom. The van der Waals surface area contributed by atoms with Crippen molar-refractivity contribution in [3.8, 4) is 12.3 Å². The van der Waals surface area contributed by atoms with Gasteiger partial charge in [-0.3, -0.25) is 4.99 Å². The predicted molar refractivity (Wildman–Crippen MR) is 68.1 cm³/mol. The molecule has 0 saturated heterocycles. The molecule has 2 rings (SSSR count). The van der Waals surface area contributed by atoms with E-state index < -0.39 is 0 Å². The first-order valence-electron chi connectivity index (χ1n) is 5.05. The van der Waals surface area contributed by atoms with Gasteiger partial charge in [0.05, 0.1) is 5.69 Å². The second kappa shape index (κ2) is 4.95. The molecule has 0 heterocycles. The molecule has 0 aliphatic rings. The van der Waals surface area contributed by atoms with Crippen LogP contribution < -0.4 is 0 Å². The summed E-state index contributed by atoms with van der Waals surface area (Å²) in [5.74, 6) is 2.62. The number of hydrogen-bond donors (Lipinski definition) is 0. The summed E-state index contributed by atoms with van der Waals surface area (Å²) >= 11 is 0. The number of benzene rings is 2. The zero-order valence-electron chi connectivity index (χ0n) is 8.80. The lowest BCUT2D eigenvalue weighted by Gasteiger charge is -1.97. The maximum atomic E-state index is 5.40. The highest BCUT2D eigenvalue weighted by Gasteiger charge is 1.94. The molecule has 1 nitrogen and oxygen atoms in total. The van der Waals surface area contributed by atoms with Gasteiger partial charge >= 0.3 is 0 Å². The predicted octanol–water partition coefficient (Wildman–Crippen LogP) is 3.42. The Labute approximate surface area is 95.5 Å². The molecule has 0 N–H and O–H groups in total. The Kier molecular flexibility index (Phi) is 3.15. The summed E-state index contributed by atoms with van der Waals surface area (Å²) in [5, 5.41) is 0. The number of aliphatic imine (C=N–C) groups is 1. The molecule has 0 aromatic heterocycles. The highest BCUT2D eigenvalue weighted by atomic mass is 14.7. The van der Waals surface area contributed by atoms with E-state index in [4.69, 9.17) is 6.42 Å². The molecule has 0 unspecified atom stereocenters. The van der Waals surface area contributed by atoms with Crippen molar-refractivity contribution < 1.29 is 0 Å². The molecule has 0 fully saturated rings. The molecule has 0 spiro atoms. The number of terminal acetylenes is 1. The molecule has 16 heavy (non-hydrogen) atoms. The van der Waals surface area contributed by atoms with Crippen molar-refractivity contribution in [1.82, 2.24) is 0 Å². The summed E-state index contributed by atoms with van der Waals surface area (Å²) in [6.07, 6.45) is 7.21. The smallest absolute Gasteiger partial charge is 0.0786 e. The van der Waals surface area contributed by atoms with Gasteiger partial charge < -0.3 is 0 Å². The quantitative estimate of drug-likeness (QED) is 0.526. The van der Waals surface area contributed by atoms with Gasteiger partial charge in [-0.05, 0) is 17.7 Å². The first-order valence-corrected chi connectivity index (χ1v) is 5.05. The van der Waals surface area contributed by atoms with Gasteiger partial charge in [0, 0.05) is 11.8 Å². The summed E-state index contributed by atoms with van der Waals surface area (Å²) < 4.78 is 0. The van der Waals surface area contributed by atoms with Gasteiger partial charge in [-0.25, -0.2) is 0 Å². The van der Waals surface area contributed by atoms with E-state index in [0.717, 1.165) is 16.8 Å². The van der Waals surface area contributed by atoms with Gasteiger partial charge in [0.25, 0.3) is 0 Å². The van der Waals surface area contributed by atoms with Crippen molar-refractivity contribution in [2.45, 2.75) is 0 Å². The van der Waals surface area contributed by atoms with Crippen LogP contribution >= 0.6 is 0 Å². The molecule has 0 bridgehead atoms. The van der Waals surface area contributed by atoms with E-state index in [1.807, 2.05) is 60.8 Å². The minimum absolute atomic E-state index is 0.815. The van der Waals surface area contributed by atoms with Gasteiger partial charge in [-0.15, -0.1) is 6.42 Å². The lowest BCUT2D eigenvalue weighted by Crippen LogP contribution is -1.80. The van der Waals surface area contributed by atoms with E-state index in [-0.39, 0.29) is 0 Å². The van der Waals surface area contributed by atoms with Crippen LogP contribution in [0.15, 0.2) is 59.6 Å². The maximum absolute atomic E-state index is 5.40. The number of hydrogen-bond acceptors (Lipinski definition) is 1. The van der Waals surface area contributed by atoms with Gasteiger partial charge in [0.2, 0.25) is 0 Å². The zero-order valence-corrected chi connectivity index (χ0v) is 8.80. The molecular weight excluding hydrogens is 194 g/mol. The monoisotopic (exact) mass is 205 g/mol. The maximum Gasteiger partial charge on any atom is 0.0786 e. The van der Waals surface area contributed by atoms with Crippen LogP contribution in [0.5, 0.6) is 0 Å². The molecule has 0 aliphatic carbocycles. The molecule has 0 atom stereocenters. The topological polar surface area (TPSA) is 12.4 Å². The standard InChI is InChI=1S/C15H11N/c1-2-14-10-6-7-11-15(14)16-12-13-8-4-3-5-9-13/h1,3-12H. The number of nitrogens with zero attached hydrogens (tertiary/aromatic N) is 1. The van der Waals surface area contributed by atoms with Crippen molar-refractivity contribution in [3.63, 3.8) is 0 Å². The summed E-state index contributed by atoms with van der Waals surface area (Å²) in [6, 6.07) is 17.6. The average Bonchev–Trinajstić information content (AvgIpc) is 2.38. The Bertz CT molecular complexity index is 533. The molecule has 0 radical (unpaired) electrons. The van der Waals surface area contributed by atoms with Crippen LogP contribution in [0.4, 0.5) is 5.69 Å². The molecule has 2 aromatic rings. The van der Waals surface area contributed by atoms with Crippen molar-refractivity contribution >= 4 is 11.9 Å². The zero-order chi connectivity index (χ0) is 11.2. The SMILES string of the molecule is C#Cc1ccccc1N=Cc1ccccc1. The molecule has 0 amide bonds. The van der Waals surface area contributed by atoms with Gasteiger partial charge in [0.15, 0.2) is 0 Å². The summed E-state index contributed by atoms with van der Waals surface area (Å²) in [4.78, 5) is 4.38. The lowest BCUT2D eigenvalue weighted by atomic mass is 10.2. The largest absolute Gasteiger partial charge is 0.255 e. The minimum atomic E-state index is 0.815. The highest BCUT2D eigenvalue weighted by Crippen LogP contribution is 2.17. The second-order valence-corrected chi connectivity index (χ2v) is 3.33. The summed E-state index contributed by atoms with van der Waals surface area (Å²) in [5.41, 5.74) is 2.71. The van der Waals surface area contributed by atoms with Crippen molar-refractivity contribution in [3.05, 3.63) is 65.7 Å². The lowest BCUT2D eigenvalue weighted by molar-refractivity contribution is 1.50. The van der Waals surface area contributed by atoms with Crippen molar-refractivity contribution in [1.29, 1.82) is 0 Å². The Hall–Kier alpha value is -2.33. The van der Waals surface area contributed by atoms with E-state index >= 15 is 0 Å². The van der Waals surface area contributed by atoms with Crippen LogP contribution in [0, 0.1) is 12.3 Å². The van der Waals surface area contributed by atoms with Gasteiger partial charge in [-0.2, -0.15) is 0 Å². The van der Waals surface area contributed by atoms with Crippen molar-refractivity contribution in [2.75, 3.05) is 0 Å². The third-order valence-electron chi connectivity index (χ3n) is 2.21. The van der Waals surface area contributed by atoms with E-state index in [1.54, 1.807) is 0 Å². The minimum Gasteiger partial charge on any atom is -0.255 e. The van der Waals surface area contributed by atoms with E-state index in [9.17, 15) is 0 Å². The molecule has 0 saturated carbocycles. The van der Waals surface area contributed by atoms with Crippen LogP contribution in [0.25, 0.3) is 0 Å². The third kappa shape index (κ3) is 2.37. The highest BCUT2D eigenvalue weighted by molar-refractivity contribution is 5.82. The molecule has 0 aliphatic heterocycles. The fraction of sp³-hybridized carbons (Fsp3) is 0. The van der Waals surface area contributed by atoms with Crippen LogP contribution in [0.1, 0.15) is 11.1 Å². The molecular formula is C15H11N. The first kappa shape index (κ1) is 10.2. The normalized spacial score (nSPS) is 10.2. The fourth-order valence-corrected chi connectivity index (χ4v) is 1.39. The van der Waals surface area contributed by atoms with Crippen LogP contribution in [0.3, 0.4) is 0 Å². The Morgan fingerprint density at radius 1 is 0.938 bits per heavy atom. The summed E-state index contributed by atoms with van der Waals surface area (Å²) in [7, 11) is 0. The Morgan fingerprint density at radius 3 is 2.38 bits per heavy atom. The van der Waals surface area contributed by atoms with Gasteiger partial charge in [0.1, 0.15) is 0 Å². The molecule has 76 valence electrons. The number of rotatable bonds is 2. The van der Waals surface area contributed by atoms with E-state index in [1.165, 1.54) is 0 Å². The van der Waals surface area contributed by atoms with E-state index in [0.29, 0.717) is 0 Å².